The van der Waals surface area contributed by atoms with Gasteiger partial charge in [0.15, 0.2) is 0 Å². The summed E-state index contributed by atoms with van der Waals surface area (Å²) in [5, 5.41) is 0. The largest absolute Gasteiger partial charge is 0.299 e. The van der Waals surface area contributed by atoms with Crippen LogP contribution in [0.15, 0.2) is 24.3 Å². The number of halogens is 1. The second-order valence-electron chi connectivity index (χ2n) is 3.83. The summed E-state index contributed by atoms with van der Waals surface area (Å²) in [6.45, 7) is 0. The van der Waals surface area contributed by atoms with Crippen LogP contribution in [0.1, 0.15) is 24.8 Å². The number of ketones is 1. The lowest BCUT2D eigenvalue weighted by Gasteiger charge is -2.01. The fourth-order valence-electron chi connectivity index (χ4n) is 1.57. The Bertz CT molecular complexity index is 342. The van der Waals surface area contributed by atoms with Crippen LogP contribution in [0.25, 0.3) is 0 Å². The maximum atomic E-state index is 13.1. The Morgan fingerprint density at radius 3 is 2.71 bits per heavy atom. The van der Waals surface area contributed by atoms with Gasteiger partial charge in [-0.1, -0.05) is 18.2 Å². The molecule has 14 heavy (non-hydrogen) atoms. The molecule has 1 saturated carbocycles. The van der Waals surface area contributed by atoms with Gasteiger partial charge in [-0.05, 0) is 30.9 Å². The van der Waals surface area contributed by atoms with Crippen molar-refractivity contribution >= 4 is 5.78 Å². The molecule has 0 N–H and O–H groups in total. The van der Waals surface area contributed by atoms with Gasteiger partial charge in [-0.2, -0.15) is 0 Å². The number of carbonyl (C=O) groups excluding carboxylic acids is 1. The Kier molecular flexibility index (Phi) is 2.62. The summed E-state index contributed by atoms with van der Waals surface area (Å²) in [5.41, 5.74) is 0.654. The Hall–Kier alpha value is -1.18. The maximum Gasteiger partial charge on any atom is 0.136 e. The van der Waals surface area contributed by atoms with E-state index in [1.165, 1.54) is 6.07 Å². The van der Waals surface area contributed by atoms with Crippen molar-refractivity contribution in [3.05, 3.63) is 35.6 Å². The smallest absolute Gasteiger partial charge is 0.136 e. The third-order valence-corrected chi connectivity index (χ3v) is 2.63. The standard InChI is InChI=1S/C12H13FO/c13-11-4-2-1-3-9(11)7-8-12(14)10-5-6-10/h1-4,10H,5-8H2. The minimum atomic E-state index is -0.198. The van der Waals surface area contributed by atoms with Gasteiger partial charge in [-0.15, -0.1) is 0 Å². The van der Waals surface area contributed by atoms with Crippen LogP contribution in [0.4, 0.5) is 4.39 Å². The normalized spacial score (nSPS) is 15.5. The van der Waals surface area contributed by atoms with Gasteiger partial charge in [-0.25, -0.2) is 4.39 Å². The first-order valence-corrected chi connectivity index (χ1v) is 5.03. The van der Waals surface area contributed by atoms with Crippen LogP contribution in [-0.2, 0) is 11.2 Å². The second-order valence-corrected chi connectivity index (χ2v) is 3.83. The zero-order chi connectivity index (χ0) is 9.97. The van der Waals surface area contributed by atoms with Crippen molar-refractivity contribution in [2.24, 2.45) is 5.92 Å². The lowest BCUT2D eigenvalue weighted by Crippen LogP contribution is -2.03. The van der Waals surface area contributed by atoms with Gasteiger partial charge in [-0.3, -0.25) is 4.79 Å². The van der Waals surface area contributed by atoms with Gasteiger partial charge in [0, 0.05) is 12.3 Å². The van der Waals surface area contributed by atoms with Gasteiger partial charge >= 0.3 is 0 Å². The van der Waals surface area contributed by atoms with E-state index in [2.05, 4.69) is 0 Å². The van der Waals surface area contributed by atoms with Gasteiger partial charge in [0.1, 0.15) is 11.6 Å². The van der Waals surface area contributed by atoms with Gasteiger partial charge in [0.2, 0.25) is 0 Å². The first-order valence-electron chi connectivity index (χ1n) is 5.03. The highest BCUT2D eigenvalue weighted by atomic mass is 19.1. The summed E-state index contributed by atoms with van der Waals surface area (Å²) >= 11 is 0. The monoisotopic (exact) mass is 192 g/mol. The van der Waals surface area contributed by atoms with Crippen LogP contribution in [0, 0.1) is 11.7 Å². The molecule has 0 amide bonds. The number of benzene rings is 1. The van der Waals surface area contributed by atoms with Crippen molar-refractivity contribution in [1.82, 2.24) is 0 Å². The van der Waals surface area contributed by atoms with E-state index < -0.39 is 0 Å². The molecule has 0 bridgehead atoms. The van der Waals surface area contributed by atoms with Crippen molar-refractivity contribution in [2.75, 3.05) is 0 Å². The SMILES string of the molecule is O=C(CCc1ccccc1F)C1CC1. The summed E-state index contributed by atoms with van der Waals surface area (Å²) in [7, 11) is 0. The van der Waals surface area contributed by atoms with E-state index in [9.17, 15) is 9.18 Å². The molecule has 1 aromatic carbocycles. The van der Waals surface area contributed by atoms with E-state index >= 15 is 0 Å². The van der Waals surface area contributed by atoms with Crippen molar-refractivity contribution in [3.63, 3.8) is 0 Å². The molecule has 0 aromatic heterocycles. The van der Waals surface area contributed by atoms with Crippen LogP contribution < -0.4 is 0 Å². The Morgan fingerprint density at radius 2 is 2.07 bits per heavy atom. The topological polar surface area (TPSA) is 17.1 Å². The van der Waals surface area contributed by atoms with Crippen molar-refractivity contribution in [3.8, 4) is 0 Å². The first kappa shape index (κ1) is 9.38. The molecule has 0 saturated heterocycles. The molecule has 1 fully saturated rings. The third-order valence-electron chi connectivity index (χ3n) is 2.63. The van der Waals surface area contributed by atoms with Gasteiger partial charge in [0.25, 0.3) is 0 Å². The highest BCUT2D eigenvalue weighted by molar-refractivity contribution is 5.83. The minimum Gasteiger partial charge on any atom is -0.299 e. The number of hydrogen-bond donors (Lipinski definition) is 0. The van der Waals surface area contributed by atoms with Crippen molar-refractivity contribution < 1.29 is 9.18 Å². The molecule has 0 heterocycles. The molecule has 1 aromatic rings. The van der Waals surface area contributed by atoms with Gasteiger partial charge < -0.3 is 0 Å². The van der Waals surface area contributed by atoms with Crippen LogP contribution in [0.2, 0.25) is 0 Å². The van der Waals surface area contributed by atoms with E-state index in [-0.39, 0.29) is 5.82 Å². The summed E-state index contributed by atoms with van der Waals surface area (Å²) in [6, 6.07) is 6.66. The quantitative estimate of drug-likeness (QED) is 0.716. The summed E-state index contributed by atoms with van der Waals surface area (Å²) in [4.78, 5) is 11.4. The molecule has 0 atom stereocenters. The molecule has 0 aliphatic heterocycles. The number of carbonyl (C=O) groups is 1. The maximum absolute atomic E-state index is 13.1. The first-order chi connectivity index (χ1) is 6.77. The van der Waals surface area contributed by atoms with Gasteiger partial charge in [0.05, 0.1) is 0 Å². The Morgan fingerprint density at radius 1 is 1.36 bits per heavy atom. The molecule has 2 rings (SSSR count). The Balaban J connectivity index is 1.91. The molecule has 0 unspecified atom stereocenters. The molecule has 2 heteroatoms. The van der Waals surface area contributed by atoms with Crippen molar-refractivity contribution in [1.29, 1.82) is 0 Å². The van der Waals surface area contributed by atoms with Crippen LogP contribution in [-0.4, -0.2) is 5.78 Å². The predicted molar refractivity (Wildman–Crippen MR) is 52.5 cm³/mol. The van der Waals surface area contributed by atoms with E-state index in [1.54, 1.807) is 18.2 Å². The zero-order valence-corrected chi connectivity index (χ0v) is 8.00. The number of Topliss-reactive ketones (excluding diaryl/α,β-unsaturated/α-hetero) is 1. The molecule has 1 aliphatic carbocycles. The fourth-order valence-corrected chi connectivity index (χ4v) is 1.57. The summed E-state index contributed by atoms with van der Waals surface area (Å²) < 4.78 is 13.1. The third kappa shape index (κ3) is 2.19. The van der Waals surface area contributed by atoms with E-state index in [0.29, 0.717) is 30.1 Å². The molecule has 1 aliphatic rings. The number of aryl methyl sites for hydroxylation is 1. The lowest BCUT2D eigenvalue weighted by atomic mass is 10.1. The molecule has 1 nitrogen and oxygen atoms in total. The molecule has 0 radical (unpaired) electrons. The zero-order valence-electron chi connectivity index (χ0n) is 8.00. The highest BCUT2D eigenvalue weighted by Crippen LogP contribution is 2.31. The van der Waals surface area contributed by atoms with E-state index in [0.717, 1.165) is 12.8 Å². The van der Waals surface area contributed by atoms with E-state index in [4.69, 9.17) is 0 Å². The van der Waals surface area contributed by atoms with E-state index in [1.807, 2.05) is 0 Å². The summed E-state index contributed by atoms with van der Waals surface area (Å²) in [5.74, 6) is 0.395. The number of hydrogen-bond acceptors (Lipinski definition) is 1. The lowest BCUT2D eigenvalue weighted by molar-refractivity contribution is -0.120. The van der Waals surface area contributed by atoms with Crippen LogP contribution >= 0.6 is 0 Å². The number of rotatable bonds is 4. The molecule has 74 valence electrons. The minimum absolute atomic E-state index is 0.198. The van der Waals surface area contributed by atoms with Crippen molar-refractivity contribution in [2.45, 2.75) is 25.7 Å². The highest BCUT2D eigenvalue weighted by Gasteiger charge is 2.28. The Labute approximate surface area is 82.9 Å². The fraction of sp³-hybridized carbons (Fsp3) is 0.417. The average Bonchev–Trinajstić information content (AvgIpc) is 2.99. The summed E-state index contributed by atoms with van der Waals surface area (Å²) in [6.07, 6.45) is 3.11. The average molecular weight is 192 g/mol. The molecule has 0 spiro atoms. The predicted octanol–water partition coefficient (Wildman–Crippen LogP) is 2.74. The van der Waals surface area contributed by atoms with Crippen LogP contribution in [0.5, 0.6) is 0 Å². The molecular formula is C12H13FO. The molecular weight excluding hydrogens is 179 g/mol. The van der Waals surface area contributed by atoms with Crippen LogP contribution in [0.3, 0.4) is 0 Å². The second kappa shape index (κ2) is 3.91.